The lowest BCUT2D eigenvalue weighted by molar-refractivity contribution is 0.162. The molecule has 1 nitrogen and oxygen atoms in total. The van der Waals surface area contributed by atoms with E-state index >= 15 is 0 Å². The summed E-state index contributed by atoms with van der Waals surface area (Å²) >= 11 is 3.46. The molecule has 1 aromatic rings. The Kier molecular flexibility index (Phi) is 7.60. The van der Waals surface area contributed by atoms with E-state index in [-0.39, 0.29) is 6.10 Å². The van der Waals surface area contributed by atoms with Crippen molar-refractivity contribution >= 4 is 15.9 Å². The lowest BCUT2D eigenvalue weighted by Crippen LogP contribution is -2.00. The van der Waals surface area contributed by atoms with Crippen molar-refractivity contribution < 1.29 is 5.11 Å². The zero-order valence-corrected chi connectivity index (χ0v) is 13.2. The first kappa shape index (κ1) is 15.7. The van der Waals surface area contributed by atoms with Crippen molar-refractivity contribution in [1.82, 2.24) is 0 Å². The maximum atomic E-state index is 10.2. The number of hydrogen-bond acceptors (Lipinski definition) is 1. The summed E-state index contributed by atoms with van der Waals surface area (Å²) in [6.45, 7) is 4.30. The van der Waals surface area contributed by atoms with Crippen LogP contribution in [0.1, 0.15) is 69.1 Å². The van der Waals surface area contributed by atoms with Crippen molar-refractivity contribution in [3.05, 3.63) is 33.8 Å². The molecule has 2 heteroatoms. The molecule has 1 aromatic carbocycles. The highest BCUT2D eigenvalue weighted by Crippen LogP contribution is 2.26. The van der Waals surface area contributed by atoms with E-state index < -0.39 is 0 Å². The predicted octanol–water partition coefficient (Wildman–Crippen LogP) is 5.54. The Bertz CT molecular complexity index is 349. The predicted molar refractivity (Wildman–Crippen MR) is 81.8 cm³/mol. The second-order valence-electron chi connectivity index (χ2n) is 5.07. The van der Waals surface area contributed by atoms with Crippen molar-refractivity contribution in [1.29, 1.82) is 0 Å². The number of benzene rings is 1. The zero-order valence-electron chi connectivity index (χ0n) is 11.6. The summed E-state index contributed by atoms with van der Waals surface area (Å²) in [6.07, 6.45) is 8.20. The molecule has 18 heavy (non-hydrogen) atoms. The molecule has 1 atom stereocenters. The first-order chi connectivity index (χ1) is 8.65. The van der Waals surface area contributed by atoms with E-state index in [9.17, 15) is 5.11 Å². The van der Waals surface area contributed by atoms with Crippen molar-refractivity contribution in [3.8, 4) is 0 Å². The molecule has 1 unspecified atom stereocenters. The van der Waals surface area contributed by atoms with E-state index in [4.69, 9.17) is 0 Å². The Labute approximate surface area is 120 Å². The largest absolute Gasteiger partial charge is 0.388 e. The molecule has 1 N–H and O–H groups in total. The molecule has 0 aliphatic heterocycles. The normalized spacial score (nSPS) is 12.7. The van der Waals surface area contributed by atoms with Crippen LogP contribution in [0.4, 0.5) is 0 Å². The smallest absolute Gasteiger partial charge is 0.0793 e. The fourth-order valence-corrected chi connectivity index (χ4v) is 2.62. The molecule has 0 fully saturated rings. The monoisotopic (exact) mass is 312 g/mol. The number of unbranched alkanes of at least 4 members (excludes halogenated alkanes) is 5. The van der Waals surface area contributed by atoms with E-state index in [0.29, 0.717) is 0 Å². The van der Waals surface area contributed by atoms with Crippen molar-refractivity contribution in [3.63, 3.8) is 0 Å². The average molecular weight is 313 g/mol. The van der Waals surface area contributed by atoms with Crippen LogP contribution in [-0.4, -0.2) is 5.11 Å². The topological polar surface area (TPSA) is 20.2 Å². The van der Waals surface area contributed by atoms with Gasteiger partial charge >= 0.3 is 0 Å². The first-order valence-electron chi connectivity index (χ1n) is 7.09. The van der Waals surface area contributed by atoms with Gasteiger partial charge in [0.1, 0.15) is 0 Å². The van der Waals surface area contributed by atoms with Gasteiger partial charge in [-0.3, -0.25) is 0 Å². The minimum atomic E-state index is -0.311. The van der Waals surface area contributed by atoms with Crippen LogP contribution in [0, 0.1) is 6.92 Å². The molecule has 102 valence electrons. The van der Waals surface area contributed by atoms with E-state index in [1.165, 1.54) is 37.7 Å². The summed E-state index contributed by atoms with van der Waals surface area (Å²) < 4.78 is 1.05. The number of aliphatic hydroxyl groups is 1. The lowest BCUT2D eigenvalue weighted by Gasteiger charge is -2.14. The van der Waals surface area contributed by atoms with Crippen LogP contribution in [0.3, 0.4) is 0 Å². The Morgan fingerprint density at radius 2 is 1.78 bits per heavy atom. The molecule has 0 aromatic heterocycles. The highest BCUT2D eigenvalue weighted by Gasteiger charge is 2.10. The van der Waals surface area contributed by atoms with E-state index in [2.05, 4.69) is 35.8 Å². The van der Waals surface area contributed by atoms with Crippen LogP contribution in [-0.2, 0) is 0 Å². The molecule has 0 heterocycles. The molecule has 0 radical (unpaired) electrons. The number of aryl methyl sites for hydroxylation is 1. The summed E-state index contributed by atoms with van der Waals surface area (Å²) in [4.78, 5) is 0. The SMILES string of the molecule is CCCCCCCCC(O)c1cc(Br)ccc1C. The van der Waals surface area contributed by atoms with Gasteiger partial charge in [0, 0.05) is 4.47 Å². The molecule has 0 saturated heterocycles. The molecule has 0 saturated carbocycles. The average Bonchev–Trinajstić information content (AvgIpc) is 2.36. The standard InChI is InChI=1S/C16H25BrO/c1-3-4-5-6-7-8-9-16(18)15-12-14(17)11-10-13(15)2/h10-12,16,18H,3-9H2,1-2H3. The van der Waals surface area contributed by atoms with Crippen LogP contribution in [0.2, 0.25) is 0 Å². The Morgan fingerprint density at radius 3 is 2.50 bits per heavy atom. The molecule has 0 aliphatic carbocycles. The third-order valence-electron chi connectivity index (χ3n) is 3.43. The van der Waals surface area contributed by atoms with Gasteiger partial charge in [0.15, 0.2) is 0 Å². The maximum Gasteiger partial charge on any atom is 0.0793 e. The summed E-state index contributed by atoms with van der Waals surface area (Å²) in [6, 6.07) is 6.12. The van der Waals surface area contributed by atoms with Gasteiger partial charge in [0.2, 0.25) is 0 Å². The number of hydrogen-bond donors (Lipinski definition) is 1. The Balaban J connectivity index is 2.31. The van der Waals surface area contributed by atoms with Crippen molar-refractivity contribution in [2.24, 2.45) is 0 Å². The molecule has 0 bridgehead atoms. The van der Waals surface area contributed by atoms with Crippen LogP contribution in [0.15, 0.2) is 22.7 Å². The maximum absolute atomic E-state index is 10.2. The van der Waals surface area contributed by atoms with Gasteiger partial charge in [-0.15, -0.1) is 0 Å². The van der Waals surface area contributed by atoms with Gasteiger partial charge in [-0.1, -0.05) is 67.4 Å². The number of rotatable bonds is 8. The molecular formula is C16H25BrO. The summed E-state index contributed by atoms with van der Waals surface area (Å²) in [7, 11) is 0. The molecule has 0 aliphatic rings. The molecule has 0 amide bonds. The van der Waals surface area contributed by atoms with E-state index in [1.807, 2.05) is 12.1 Å². The van der Waals surface area contributed by atoms with Gasteiger partial charge < -0.3 is 5.11 Å². The van der Waals surface area contributed by atoms with Crippen LogP contribution in [0.5, 0.6) is 0 Å². The zero-order chi connectivity index (χ0) is 13.4. The van der Waals surface area contributed by atoms with Crippen LogP contribution >= 0.6 is 15.9 Å². The quantitative estimate of drug-likeness (QED) is 0.625. The molecular weight excluding hydrogens is 288 g/mol. The van der Waals surface area contributed by atoms with Gasteiger partial charge in [-0.2, -0.15) is 0 Å². The lowest BCUT2D eigenvalue weighted by atomic mass is 9.98. The van der Waals surface area contributed by atoms with E-state index in [1.54, 1.807) is 0 Å². The number of halogens is 1. The molecule has 0 spiro atoms. The van der Waals surface area contributed by atoms with Crippen molar-refractivity contribution in [2.45, 2.75) is 64.9 Å². The highest BCUT2D eigenvalue weighted by molar-refractivity contribution is 9.10. The van der Waals surface area contributed by atoms with Gasteiger partial charge in [0.25, 0.3) is 0 Å². The number of aliphatic hydroxyl groups excluding tert-OH is 1. The second kappa shape index (κ2) is 8.71. The van der Waals surface area contributed by atoms with Crippen LogP contribution < -0.4 is 0 Å². The van der Waals surface area contributed by atoms with Crippen molar-refractivity contribution in [2.75, 3.05) is 0 Å². The van der Waals surface area contributed by atoms with Gasteiger partial charge in [0.05, 0.1) is 6.10 Å². The van der Waals surface area contributed by atoms with Crippen LogP contribution in [0.25, 0.3) is 0 Å². The fourth-order valence-electron chi connectivity index (χ4n) is 2.24. The van der Waals surface area contributed by atoms with Gasteiger partial charge in [-0.25, -0.2) is 0 Å². The molecule has 1 rings (SSSR count). The minimum absolute atomic E-state index is 0.311. The first-order valence-corrected chi connectivity index (χ1v) is 7.88. The Morgan fingerprint density at radius 1 is 1.11 bits per heavy atom. The second-order valence-corrected chi connectivity index (χ2v) is 5.99. The summed E-state index contributed by atoms with van der Waals surface area (Å²) in [5.41, 5.74) is 2.25. The summed E-state index contributed by atoms with van der Waals surface area (Å²) in [5, 5.41) is 10.2. The Hall–Kier alpha value is -0.340. The third-order valence-corrected chi connectivity index (χ3v) is 3.92. The highest BCUT2D eigenvalue weighted by atomic mass is 79.9. The van der Waals surface area contributed by atoms with Gasteiger partial charge in [-0.05, 0) is 36.6 Å². The minimum Gasteiger partial charge on any atom is -0.388 e. The summed E-state index contributed by atoms with van der Waals surface area (Å²) in [5.74, 6) is 0. The third kappa shape index (κ3) is 5.53. The fraction of sp³-hybridized carbons (Fsp3) is 0.625. The van der Waals surface area contributed by atoms with E-state index in [0.717, 1.165) is 22.9 Å².